The number of carbonyl (C=O) groups excluding carboxylic acids is 1. The van der Waals surface area contributed by atoms with Crippen molar-refractivity contribution in [1.29, 1.82) is 0 Å². The first kappa shape index (κ1) is 17.5. The van der Waals surface area contributed by atoms with Crippen LogP contribution in [0.5, 0.6) is 0 Å². The van der Waals surface area contributed by atoms with E-state index in [0.29, 0.717) is 0 Å². The molecular formula is C15H13Cl3N4O. The van der Waals surface area contributed by atoms with Crippen molar-refractivity contribution in [3.8, 4) is 0 Å². The third-order valence-corrected chi connectivity index (χ3v) is 4.23. The Kier molecular flexibility index (Phi) is 5.46. The summed E-state index contributed by atoms with van der Waals surface area (Å²) in [5, 5.41) is 3.74. The van der Waals surface area contributed by atoms with E-state index in [1.807, 2.05) is 32.0 Å². The molecule has 0 aliphatic rings. The maximum absolute atomic E-state index is 12.1. The van der Waals surface area contributed by atoms with E-state index >= 15 is 0 Å². The van der Waals surface area contributed by atoms with Crippen LogP contribution in [0.2, 0.25) is 15.2 Å². The van der Waals surface area contributed by atoms with Gasteiger partial charge in [-0.3, -0.25) is 4.79 Å². The van der Waals surface area contributed by atoms with E-state index in [1.165, 1.54) is 6.21 Å². The van der Waals surface area contributed by atoms with Crippen LogP contribution in [-0.4, -0.2) is 17.1 Å². The predicted molar refractivity (Wildman–Crippen MR) is 94.7 cm³/mol. The molecule has 120 valence electrons. The number of aryl methyl sites for hydroxylation is 2. The zero-order valence-electron chi connectivity index (χ0n) is 12.3. The van der Waals surface area contributed by atoms with Gasteiger partial charge in [-0.15, -0.1) is 0 Å². The molecule has 2 aromatic rings. The molecule has 0 radical (unpaired) electrons. The van der Waals surface area contributed by atoms with Gasteiger partial charge in [-0.25, -0.2) is 10.4 Å². The number of halogens is 3. The van der Waals surface area contributed by atoms with Crippen LogP contribution < -0.4 is 11.2 Å². The van der Waals surface area contributed by atoms with E-state index in [4.69, 9.17) is 40.5 Å². The van der Waals surface area contributed by atoms with Gasteiger partial charge in [-0.1, -0.05) is 58.6 Å². The second kappa shape index (κ2) is 7.17. The first-order valence-corrected chi connectivity index (χ1v) is 7.65. The largest absolute Gasteiger partial charge is 0.396 e. The fraction of sp³-hybridized carbons (Fsp3) is 0.133. The molecule has 2 rings (SSSR count). The number of pyridine rings is 1. The number of nitrogens with zero attached hydrogens (tertiary/aromatic N) is 2. The first-order chi connectivity index (χ1) is 10.8. The summed E-state index contributed by atoms with van der Waals surface area (Å²) in [5.41, 5.74) is 10.9. The average molecular weight is 372 g/mol. The second-order valence-corrected chi connectivity index (χ2v) is 5.97. The topological polar surface area (TPSA) is 80.4 Å². The average Bonchev–Trinajstić information content (AvgIpc) is 2.52. The lowest BCUT2D eigenvalue weighted by Gasteiger charge is -2.07. The maximum Gasteiger partial charge on any atom is 0.291 e. The van der Waals surface area contributed by atoms with E-state index in [-0.39, 0.29) is 26.6 Å². The summed E-state index contributed by atoms with van der Waals surface area (Å²) in [6.45, 7) is 3.91. The molecule has 5 nitrogen and oxygen atoms in total. The van der Waals surface area contributed by atoms with Gasteiger partial charge >= 0.3 is 0 Å². The summed E-state index contributed by atoms with van der Waals surface area (Å²) in [6, 6.07) is 5.91. The van der Waals surface area contributed by atoms with Crippen molar-refractivity contribution < 1.29 is 4.79 Å². The number of carbonyl (C=O) groups is 1. The molecule has 0 aliphatic heterocycles. The van der Waals surface area contributed by atoms with Crippen LogP contribution in [-0.2, 0) is 0 Å². The van der Waals surface area contributed by atoms with Gasteiger partial charge in [0.15, 0.2) is 10.8 Å². The molecule has 1 aromatic heterocycles. The molecule has 0 saturated heterocycles. The lowest BCUT2D eigenvalue weighted by atomic mass is 10.1. The number of hydrazone groups is 1. The maximum atomic E-state index is 12.1. The summed E-state index contributed by atoms with van der Waals surface area (Å²) >= 11 is 17.6. The van der Waals surface area contributed by atoms with Crippen LogP contribution in [0.1, 0.15) is 27.2 Å². The van der Waals surface area contributed by atoms with Crippen LogP contribution in [0, 0.1) is 13.8 Å². The van der Waals surface area contributed by atoms with Crippen LogP contribution in [0.15, 0.2) is 23.3 Å². The monoisotopic (exact) mass is 370 g/mol. The van der Waals surface area contributed by atoms with Crippen molar-refractivity contribution in [2.45, 2.75) is 13.8 Å². The number of nitrogens with two attached hydrogens (primary N) is 1. The summed E-state index contributed by atoms with van der Waals surface area (Å²) < 4.78 is 0. The molecule has 0 saturated carbocycles. The highest BCUT2D eigenvalue weighted by Crippen LogP contribution is 2.34. The first-order valence-electron chi connectivity index (χ1n) is 6.52. The van der Waals surface area contributed by atoms with Gasteiger partial charge < -0.3 is 5.73 Å². The molecule has 23 heavy (non-hydrogen) atoms. The molecule has 0 bridgehead atoms. The molecule has 0 unspecified atom stereocenters. The van der Waals surface area contributed by atoms with Gasteiger partial charge in [0.1, 0.15) is 5.02 Å². The van der Waals surface area contributed by atoms with E-state index < -0.39 is 5.91 Å². The Morgan fingerprint density at radius 2 is 1.96 bits per heavy atom. The standard InChI is InChI=1S/C15H13Cl3N4O/c1-7-3-4-8(2)9(5-7)6-20-22-15(23)13-10(16)12(19)11(17)14(18)21-13/h3-6H,1-2H3,(H2,19,21)(H,22,23)/b20-6+. The molecule has 0 fully saturated rings. The summed E-state index contributed by atoms with van der Waals surface area (Å²) in [5.74, 6) is -0.637. The highest BCUT2D eigenvalue weighted by atomic mass is 35.5. The number of rotatable bonds is 3. The van der Waals surface area contributed by atoms with Crippen LogP contribution >= 0.6 is 34.8 Å². The Balaban J connectivity index is 2.20. The van der Waals surface area contributed by atoms with Crippen molar-refractivity contribution >= 4 is 52.6 Å². The molecule has 0 spiro atoms. The van der Waals surface area contributed by atoms with Gasteiger partial charge in [-0.05, 0) is 25.0 Å². The molecule has 0 atom stereocenters. The van der Waals surface area contributed by atoms with E-state index in [2.05, 4.69) is 15.5 Å². The van der Waals surface area contributed by atoms with E-state index in [0.717, 1.165) is 16.7 Å². The Morgan fingerprint density at radius 1 is 1.26 bits per heavy atom. The fourth-order valence-corrected chi connectivity index (χ4v) is 2.39. The Hall–Kier alpha value is -1.82. The number of nitrogen functional groups attached to an aromatic ring is 1. The third-order valence-electron chi connectivity index (χ3n) is 3.09. The van der Waals surface area contributed by atoms with Crippen molar-refractivity contribution in [3.05, 3.63) is 55.8 Å². The number of amides is 1. The lowest BCUT2D eigenvalue weighted by molar-refractivity contribution is 0.0950. The smallest absolute Gasteiger partial charge is 0.291 e. The Morgan fingerprint density at radius 3 is 2.65 bits per heavy atom. The van der Waals surface area contributed by atoms with Gasteiger partial charge in [0.25, 0.3) is 5.91 Å². The lowest BCUT2D eigenvalue weighted by Crippen LogP contribution is -2.20. The van der Waals surface area contributed by atoms with Crippen LogP contribution in [0.25, 0.3) is 0 Å². The molecule has 1 heterocycles. The number of aromatic nitrogens is 1. The van der Waals surface area contributed by atoms with Crippen LogP contribution in [0.4, 0.5) is 5.69 Å². The minimum Gasteiger partial charge on any atom is -0.396 e. The minimum atomic E-state index is -0.637. The molecular weight excluding hydrogens is 359 g/mol. The number of hydrogen-bond acceptors (Lipinski definition) is 4. The van der Waals surface area contributed by atoms with Crippen LogP contribution in [0.3, 0.4) is 0 Å². The quantitative estimate of drug-likeness (QED) is 0.486. The summed E-state index contributed by atoms with van der Waals surface area (Å²) in [7, 11) is 0. The number of nitrogens with one attached hydrogen (secondary N) is 1. The molecule has 1 aromatic carbocycles. The highest BCUT2D eigenvalue weighted by Gasteiger charge is 2.19. The number of anilines is 1. The number of hydrogen-bond donors (Lipinski definition) is 2. The summed E-state index contributed by atoms with van der Waals surface area (Å²) in [6.07, 6.45) is 1.54. The molecule has 0 aliphatic carbocycles. The molecule has 1 amide bonds. The molecule has 3 N–H and O–H groups in total. The van der Waals surface area contributed by atoms with Crippen molar-refractivity contribution in [1.82, 2.24) is 10.4 Å². The fourth-order valence-electron chi connectivity index (χ4n) is 1.79. The minimum absolute atomic E-state index is 0.00279. The normalized spacial score (nSPS) is 11.0. The van der Waals surface area contributed by atoms with Crippen molar-refractivity contribution in [3.63, 3.8) is 0 Å². The third kappa shape index (κ3) is 3.93. The summed E-state index contributed by atoms with van der Waals surface area (Å²) in [4.78, 5) is 15.9. The van der Waals surface area contributed by atoms with Gasteiger partial charge in [0, 0.05) is 0 Å². The van der Waals surface area contributed by atoms with E-state index in [1.54, 1.807) is 0 Å². The number of benzene rings is 1. The predicted octanol–water partition coefficient (Wildman–Crippen LogP) is 4.00. The van der Waals surface area contributed by atoms with Crippen molar-refractivity contribution in [2.24, 2.45) is 5.10 Å². The molecule has 8 heteroatoms. The van der Waals surface area contributed by atoms with Gasteiger partial charge in [0.2, 0.25) is 0 Å². The zero-order chi connectivity index (χ0) is 17.1. The Labute approximate surface area is 148 Å². The Bertz CT molecular complexity index is 806. The second-order valence-electron chi connectivity index (χ2n) is 4.85. The van der Waals surface area contributed by atoms with Gasteiger partial charge in [0.05, 0.1) is 16.9 Å². The SMILES string of the molecule is Cc1ccc(C)c(/C=N/NC(=O)c2nc(Cl)c(Cl)c(N)c2Cl)c1. The van der Waals surface area contributed by atoms with Gasteiger partial charge in [-0.2, -0.15) is 5.10 Å². The zero-order valence-corrected chi connectivity index (χ0v) is 14.6. The highest BCUT2D eigenvalue weighted by molar-refractivity contribution is 6.46. The van der Waals surface area contributed by atoms with E-state index in [9.17, 15) is 4.79 Å². The van der Waals surface area contributed by atoms with Crippen molar-refractivity contribution in [2.75, 3.05) is 5.73 Å².